The summed E-state index contributed by atoms with van der Waals surface area (Å²) in [4.78, 5) is 37.8. The van der Waals surface area contributed by atoms with Crippen molar-refractivity contribution in [3.05, 3.63) is 32.6 Å². The molecule has 4 N–H and O–H groups in total. The number of aromatic amines is 1. The summed E-state index contributed by atoms with van der Waals surface area (Å²) in [6, 6.07) is 0.294. The molecule has 2 aliphatic rings. The minimum atomic E-state index is -0.640. The molecule has 2 aliphatic carbocycles. The number of nitrogens with two attached hydrogens (primary N) is 1. The first kappa shape index (κ1) is 15.0. The van der Waals surface area contributed by atoms with Crippen LogP contribution in [-0.4, -0.2) is 27.5 Å². The van der Waals surface area contributed by atoms with Crippen LogP contribution < -0.4 is 22.3 Å². The first-order valence-corrected chi connectivity index (χ1v) is 7.82. The van der Waals surface area contributed by atoms with Gasteiger partial charge in [-0.05, 0) is 37.5 Å². The van der Waals surface area contributed by atoms with Crippen molar-refractivity contribution in [2.24, 2.45) is 24.6 Å². The summed E-state index contributed by atoms with van der Waals surface area (Å²) in [6.45, 7) is 0. The van der Waals surface area contributed by atoms with Gasteiger partial charge in [-0.15, -0.1) is 0 Å². The molecule has 1 aromatic heterocycles. The summed E-state index contributed by atoms with van der Waals surface area (Å²) in [5, 5.41) is 3.02. The number of carbonyl (C=O) groups is 1. The number of H-pyrrole nitrogens is 1. The van der Waals surface area contributed by atoms with Gasteiger partial charge >= 0.3 is 5.69 Å². The van der Waals surface area contributed by atoms with Crippen LogP contribution in [0.5, 0.6) is 0 Å². The van der Waals surface area contributed by atoms with Crippen LogP contribution in [0.2, 0.25) is 0 Å². The van der Waals surface area contributed by atoms with E-state index in [2.05, 4.69) is 10.3 Å². The molecule has 2 bridgehead atoms. The highest BCUT2D eigenvalue weighted by atomic mass is 16.2. The van der Waals surface area contributed by atoms with Crippen molar-refractivity contribution in [1.29, 1.82) is 0 Å². The van der Waals surface area contributed by atoms with Crippen molar-refractivity contribution in [3.8, 4) is 0 Å². The molecule has 7 heteroatoms. The quantitative estimate of drug-likeness (QED) is 0.697. The van der Waals surface area contributed by atoms with Crippen LogP contribution in [0.4, 0.5) is 0 Å². The number of nitrogens with one attached hydrogen (secondary N) is 2. The van der Waals surface area contributed by atoms with E-state index in [1.165, 1.54) is 24.2 Å². The monoisotopic (exact) mass is 306 g/mol. The van der Waals surface area contributed by atoms with Crippen molar-refractivity contribution in [2.75, 3.05) is 0 Å². The van der Waals surface area contributed by atoms with Crippen LogP contribution in [0.1, 0.15) is 42.5 Å². The highest BCUT2D eigenvalue weighted by Gasteiger charge is 2.40. The molecule has 2 unspecified atom stereocenters. The van der Waals surface area contributed by atoms with Gasteiger partial charge in [0.25, 0.3) is 11.5 Å². The fourth-order valence-electron chi connectivity index (χ4n) is 3.98. The minimum absolute atomic E-state index is 0.0185. The van der Waals surface area contributed by atoms with Gasteiger partial charge in [-0.1, -0.05) is 6.42 Å². The number of fused-ring (bicyclic) bond motifs is 2. The molecule has 3 rings (SSSR count). The van der Waals surface area contributed by atoms with E-state index >= 15 is 0 Å². The Morgan fingerprint density at radius 3 is 2.59 bits per heavy atom. The highest BCUT2D eigenvalue weighted by molar-refractivity contribution is 5.93. The smallest absolute Gasteiger partial charge is 0.328 e. The summed E-state index contributed by atoms with van der Waals surface area (Å²) in [7, 11) is 1.50. The Morgan fingerprint density at radius 1 is 1.32 bits per heavy atom. The third-order valence-electron chi connectivity index (χ3n) is 5.03. The van der Waals surface area contributed by atoms with Gasteiger partial charge in [0.15, 0.2) is 0 Å². The number of carbonyl (C=O) groups excluding carboxylic acids is 1. The van der Waals surface area contributed by atoms with Gasteiger partial charge in [0.1, 0.15) is 5.56 Å². The second kappa shape index (κ2) is 5.72. The molecule has 120 valence electrons. The van der Waals surface area contributed by atoms with Crippen molar-refractivity contribution in [2.45, 2.75) is 44.2 Å². The lowest BCUT2D eigenvalue weighted by Crippen LogP contribution is -2.54. The van der Waals surface area contributed by atoms with Crippen molar-refractivity contribution in [3.63, 3.8) is 0 Å². The maximum absolute atomic E-state index is 12.4. The fourth-order valence-corrected chi connectivity index (χ4v) is 3.98. The van der Waals surface area contributed by atoms with Gasteiger partial charge in [-0.25, -0.2) is 4.79 Å². The minimum Gasteiger partial charge on any atom is -0.349 e. The van der Waals surface area contributed by atoms with Crippen molar-refractivity contribution >= 4 is 5.91 Å². The topological polar surface area (TPSA) is 110 Å². The Hall–Kier alpha value is -1.89. The normalized spacial score (nSPS) is 30.8. The van der Waals surface area contributed by atoms with Gasteiger partial charge in [0.2, 0.25) is 0 Å². The lowest BCUT2D eigenvalue weighted by Gasteiger charge is -2.45. The van der Waals surface area contributed by atoms with E-state index in [-0.39, 0.29) is 17.6 Å². The molecule has 1 amide bonds. The molecule has 22 heavy (non-hydrogen) atoms. The van der Waals surface area contributed by atoms with Crippen molar-refractivity contribution < 1.29 is 4.79 Å². The van der Waals surface area contributed by atoms with E-state index in [4.69, 9.17) is 5.73 Å². The second-order valence-electron chi connectivity index (χ2n) is 6.59. The zero-order chi connectivity index (χ0) is 15.9. The average Bonchev–Trinajstić information content (AvgIpc) is 2.43. The Balaban J connectivity index is 1.81. The van der Waals surface area contributed by atoms with E-state index in [1.54, 1.807) is 0 Å². The zero-order valence-corrected chi connectivity index (χ0v) is 12.7. The number of nitrogens with zero attached hydrogens (tertiary/aromatic N) is 1. The number of rotatable bonds is 2. The molecule has 7 nitrogen and oxygen atoms in total. The molecule has 1 aromatic rings. The number of amides is 1. The summed E-state index contributed by atoms with van der Waals surface area (Å²) in [5.74, 6) is 0.366. The summed E-state index contributed by atoms with van der Waals surface area (Å²) >= 11 is 0. The van der Waals surface area contributed by atoms with Gasteiger partial charge in [0.05, 0.1) is 0 Å². The van der Waals surface area contributed by atoms with Crippen LogP contribution in [0, 0.1) is 11.8 Å². The number of hydrogen-bond acceptors (Lipinski definition) is 4. The molecule has 2 atom stereocenters. The average molecular weight is 306 g/mol. The van der Waals surface area contributed by atoms with E-state index in [9.17, 15) is 14.4 Å². The summed E-state index contributed by atoms with van der Waals surface area (Å²) < 4.78 is 1.20. The molecule has 0 saturated heterocycles. The molecular weight excluding hydrogens is 284 g/mol. The standard InChI is InChI=1S/C15H22N4O3/c1-19-7-11(14(21)18-15(19)22)13(20)17-12-8-3-2-4-9(12)6-10(16)5-8/h7-10,12H,2-6,16H2,1H3,(H,17,20)(H,18,21,22). The molecule has 0 spiro atoms. The van der Waals surface area contributed by atoms with Crippen LogP contribution in [0.3, 0.4) is 0 Å². The van der Waals surface area contributed by atoms with E-state index in [0.29, 0.717) is 11.8 Å². The lowest BCUT2D eigenvalue weighted by molar-refractivity contribution is 0.0754. The molecule has 0 radical (unpaired) electrons. The first-order valence-electron chi connectivity index (χ1n) is 7.82. The zero-order valence-electron chi connectivity index (χ0n) is 12.7. The largest absolute Gasteiger partial charge is 0.349 e. The summed E-state index contributed by atoms with van der Waals surface area (Å²) in [6.07, 6.45) is 6.45. The van der Waals surface area contributed by atoms with Gasteiger partial charge < -0.3 is 15.6 Å². The predicted molar refractivity (Wildman–Crippen MR) is 81.6 cm³/mol. The Kier molecular flexibility index (Phi) is 3.90. The van der Waals surface area contributed by atoms with E-state index in [1.807, 2.05) is 0 Å². The number of aryl methyl sites for hydroxylation is 1. The van der Waals surface area contributed by atoms with Gasteiger partial charge in [-0.2, -0.15) is 0 Å². The van der Waals surface area contributed by atoms with Crippen molar-refractivity contribution in [1.82, 2.24) is 14.9 Å². The Morgan fingerprint density at radius 2 is 1.95 bits per heavy atom. The molecule has 2 fully saturated rings. The Bertz CT molecular complexity index is 679. The maximum Gasteiger partial charge on any atom is 0.328 e. The van der Waals surface area contributed by atoms with Gasteiger partial charge in [-0.3, -0.25) is 14.6 Å². The van der Waals surface area contributed by atoms with Crippen LogP contribution in [0.25, 0.3) is 0 Å². The first-order chi connectivity index (χ1) is 10.5. The molecule has 0 aliphatic heterocycles. The maximum atomic E-state index is 12.4. The molecular formula is C15H22N4O3. The van der Waals surface area contributed by atoms with E-state index in [0.717, 1.165) is 25.7 Å². The third-order valence-corrected chi connectivity index (χ3v) is 5.03. The molecule has 2 saturated carbocycles. The molecule has 0 aromatic carbocycles. The van der Waals surface area contributed by atoms with Gasteiger partial charge in [0, 0.05) is 25.3 Å². The Labute approximate surface area is 127 Å². The lowest BCUT2D eigenvalue weighted by atomic mass is 9.67. The predicted octanol–water partition coefficient (Wildman–Crippen LogP) is -0.291. The van der Waals surface area contributed by atoms with Crippen LogP contribution >= 0.6 is 0 Å². The SMILES string of the molecule is Cn1cc(C(=O)NC2C3CCCC2CC(N)C3)c(=O)[nH]c1=O. The van der Waals surface area contributed by atoms with Crippen LogP contribution in [0.15, 0.2) is 15.8 Å². The number of hydrogen-bond donors (Lipinski definition) is 3. The third kappa shape index (κ3) is 2.72. The van der Waals surface area contributed by atoms with E-state index < -0.39 is 17.2 Å². The second-order valence-corrected chi connectivity index (χ2v) is 6.59. The fraction of sp³-hybridized carbons (Fsp3) is 0.667. The molecule has 1 heterocycles. The highest BCUT2D eigenvalue weighted by Crippen LogP contribution is 2.39. The summed E-state index contributed by atoms with van der Waals surface area (Å²) in [5.41, 5.74) is 4.90. The number of aromatic nitrogens is 2. The van der Waals surface area contributed by atoms with Crippen LogP contribution in [-0.2, 0) is 7.05 Å².